The van der Waals surface area contributed by atoms with Crippen LogP contribution in [0.3, 0.4) is 0 Å². The van der Waals surface area contributed by atoms with Crippen molar-refractivity contribution in [2.45, 2.75) is 0 Å². The number of rotatable bonds is 2. The quantitative estimate of drug-likeness (QED) is 0.800. The first-order valence-corrected chi connectivity index (χ1v) is 5.34. The summed E-state index contributed by atoms with van der Waals surface area (Å²) < 4.78 is 0. The van der Waals surface area contributed by atoms with Gasteiger partial charge in [0.15, 0.2) is 0 Å². The second-order valence-electron chi connectivity index (χ2n) is 3.05. The van der Waals surface area contributed by atoms with Gasteiger partial charge in [-0.25, -0.2) is 4.79 Å². The first-order valence-electron chi connectivity index (χ1n) is 4.46. The molecular formula is C11H10N2OS. The smallest absolute Gasteiger partial charge is 0.316 e. The number of primary amides is 1. The minimum atomic E-state index is -0.535. The van der Waals surface area contributed by atoms with Crippen LogP contribution < -0.4 is 11.1 Å². The minimum absolute atomic E-state index is 0.535. The normalized spacial score (nSPS) is 9.87. The molecule has 76 valence electrons. The van der Waals surface area contributed by atoms with Crippen molar-refractivity contribution in [1.29, 1.82) is 0 Å². The molecule has 0 aliphatic carbocycles. The molecule has 0 bridgehead atoms. The lowest BCUT2D eigenvalue weighted by Gasteiger charge is -1.96. The maximum absolute atomic E-state index is 10.6. The van der Waals surface area contributed by atoms with E-state index in [1.807, 2.05) is 41.8 Å². The molecule has 1 aromatic carbocycles. The zero-order valence-corrected chi connectivity index (χ0v) is 8.75. The molecule has 2 amide bonds. The molecule has 0 aliphatic rings. The van der Waals surface area contributed by atoms with Gasteiger partial charge < -0.3 is 11.1 Å². The summed E-state index contributed by atoms with van der Waals surface area (Å²) in [5.41, 5.74) is 6.91. The Bertz CT molecular complexity index is 464. The summed E-state index contributed by atoms with van der Waals surface area (Å²) in [4.78, 5) is 11.7. The van der Waals surface area contributed by atoms with E-state index in [1.165, 1.54) is 0 Å². The Morgan fingerprint density at radius 3 is 2.67 bits per heavy atom. The van der Waals surface area contributed by atoms with Gasteiger partial charge in [-0.15, -0.1) is 11.3 Å². The first-order chi connectivity index (χ1) is 7.25. The van der Waals surface area contributed by atoms with Crippen LogP contribution in [-0.2, 0) is 0 Å². The highest BCUT2D eigenvalue weighted by atomic mass is 32.1. The van der Waals surface area contributed by atoms with Gasteiger partial charge in [0.05, 0.1) is 5.69 Å². The van der Waals surface area contributed by atoms with E-state index in [0.717, 1.165) is 16.1 Å². The molecule has 0 radical (unpaired) electrons. The highest BCUT2D eigenvalue weighted by Gasteiger charge is 2.02. The van der Waals surface area contributed by atoms with Crippen molar-refractivity contribution in [2.24, 2.45) is 5.73 Å². The molecule has 4 heteroatoms. The van der Waals surface area contributed by atoms with E-state index in [0.29, 0.717) is 0 Å². The molecule has 0 fully saturated rings. The van der Waals surface area contributed by atoms with E-state index in [4.69, 9.17) is 5.73 Å². The summed E-state index contributed by atoms with van der Waals surface area (Å²) in [6.45, 7) is 0. The van der Waals surface area contributed by atoms with Crippen molar-refractivity contribution >= 4 is 23.1 Å². The zero-order valence-electron chi connectivity index (χ0n) is 7.94. The number of carbonyl (C=O) groups is 1. The number of benzene rings is 1. The van der Waals surface area contributed by atoms with Crippen molar-refractivity contribution in [3.63, 3.8) is 0 Å². The van der Waals surface area contributed by atoms with Crippen LogP contribution >= 0.6 is 11.3 Å². The number of nitrogens with one attached hydrogen (secondary N) is 1. The Hall–Kier alpha value is -1.81. The fourth-order valence-electron chi connectivity index (χ4n) is 1.30. The molecule has 3 N–H and O–H groups in total. The standard InChI is InChI=1S/C11H10N2OS/c12-11(14)13-9-6-10(15-7-9)8-4-2-1-3-5-8/h1-7H,(H3,12,13,14). The van der Waals surface area contributed by atoms with Crippen LogP contribution in [0.5, 0.6) is 0 Å². The van der Waals surface area contributed by atoms with E-state index < -0.39 is 6.03 Å². The summed E-state index contributed by atoms with van der Waals surface area (Å²) >= 11 is 1.57. The van der Waals surface area contributed by atoms with Gasteiger partial charge in [-0.3, -0.25) is 0 Å². The predicted molar refractivity (Wildman–Crippen MR) is 63.0 cm³/mol. The van der Waals surface area contributed by atoms with E-state index >= 15 is 0 Å². The molecule has 0 spiro atoms. The van der Waals surface area contributed by atoms with Crippen LogP contribution in [0.4, 0.5) is 10.5 Å². The highest BCUT2D eigenvalue weighted by Crippen LogP contribution is 2.29. The molecular weight excluding hydrogens is 208 g/mol. The number of carbonyl (C=O) groups excluding carboxylic acids is 1. The topological polar surface area (TPSA) is 55.1 Å². The van der Waals surface area contributed by atoms with Crippen molar-refractivity contribution < 1.29 is 4.79 Å². The molecule has 0 atom stereocenters. The first kappa shape index (κ1) is 9.73. The Labute approximate surface area is 91.5 Å². The second kappa shape index (κ2) is 4.14. The highest BCUT2D eigenvalue weighted by molar-refractivity contribution is 7.14. The van der Waals surface area contributed by atoms with Crippen molar-refractivity contribution in [3.05, 3.63) is 41.8 Å². The lowest BCUT2D eigenvalue weighted by Crippen LogP contribution is -2.18. The van der Waals surface area contributed by atoms with E-state index in [-0.39, 0.29) is 0 Å². The SMILES string of the molecule is NC(=O)Nc1csc(-c2ccccc2)c1. The van der Waals surface area contributed by atoms with Gasteiger partial charge in [-0.2, -0.15) is 0 Å². The molecule has 2 rings (SSSR count). The van der Waals surface area contributed by atoms with Crippen LogP contribution in [0, 0.1) is 0 Å². The van der Waals surface area contributed by atoms with Gasteiger partial charge in [-0.1, -0.05) is 30.3 Å². The number of hydrogen-bond donors (Lipinski definition) is 2. The Balaban J connectivity index is 2.24. The number of thiophene rings is 1. The van der Waals surface area contributed by atoms with Crippen molar-refractivity contribution in [3.8, 4) is 10.4 Å². The lowest BCUT2D eigenvalue weighted by molar-refractivity contribution is 0.259. The minimum Gasteiger partial charge on any atom is -0.351 e. The Morgan fingerprint density at radius 1 is 1.27 bits per heavy atom. The Kier molecular flexibility index (Phi) is 2.69. The molecule has 0 unspecified atom stereocenters. The number of nitrogens with two attached hydrogens (primary N) is 1. The Morgan fingerprint density at radius 2 is 2.00 bits per heavy atom. The molecule has 1 heterocycles. The number of hydrogen-bond acceptors (Lipinski definition) is 2. The van der Waals surface area contributed by atoms with Crippen LogP contribution in [0.25, 0.3) is 10.4 Å². The largest absolute Gasteiger partial charge is 0.351 e. The zero-order chi connectivity index (χ0) is 10.7. The average Bonchev–Trinajstić information content (AvgIpc) is 2.67. The second-order valence-corrected chi connectivity index (χ2v) is 3.97. The molecule has 1 aromatic heterocycles. The van der Waals surface area contributed by atoms with E-state index in [2.05, 4.69) is 5.32 Å². The van der Waals surface area contributed by atoms with Crippen LogP contribution in [-0.4, -0.2) is 6.03 Å². The van der Waals surface area contributed by atoms with E-state index in [1.54, 1.807) is 11.3 Å². The predicted octanol–water partition coefficient (Wildman–Crippen LogP) is 2.91. The number of urea groups is 1. The summed E-state index contributed by atoms with van der Waals surface area (Å²) in [5.74, 6) is 0. The lowest BCUT2D eigenvalue weighted by atomic mass is 10.2. The summed E-state index contributed by atoms with van der Waals surface area (Å²) in [7, 11) is 0. The van der Waals surface area contributed by atoms with Crippen LogP contribution in [0.1, 0.15) is 0 Å². The molecule has 0 saturated carbocycles. The van der Waals surface area contributed by atoms with Gasteiger partial charge in [0.2, 0.25) is 0 Å². The monoisotopic (exact) mass is 218 g/mol. The summed E-state index contributed by atoms with van der Waals surface area (Å²) in [5, 5.41) is 4.41. The average molecular weight is 218 g/mol. The van der Waals surface area contributed by atoms with Crippen molar-refractivity contribution in [1.82, 2.24) is 0 Å². The third-order valence-electron chi connectivity index (χ3n) is 1.93. The number of anilines is 1. The number of amides is 2. The van der Waals surface area contributed by atoms with E-state index in [9.17, 15) is 4.79 Å². The van der Waals surface area contributed by atoms with Crippen LogP contribution in [0.15, 0.2) is 41.8 Å². The third-order valence-corrected chi connectivity index (χ3v) is 2.90. The van der Waals surface area contributed by atoms with Gasteiger partial charge in [0.25, 0.3) is 0 Å². The van der Waals surface area contributed by atoms with Gasteiger partial charge in [0.1, 0.15) is 0 Å². The molecule has 3 nitrogen and oxygen atoms in total. The van der Waals surface area contributed by atoms with Crippen LogP contribution in [0.2, 0.25) is 0 Å². The fourth-order valence-corrected chi connectivity index (χ4v) is 2.15. The third kappa shape index (κ3) is 2.35. The molecule has 0 saturated heterocycles. The molecule has 15 heavy (non-hydrogen) atoms. The maximum atomic E-state index is 10.6. The summed E-state index contributed by atoms with van der Waals surface area (Å²) in [6, 6.07) is 11.4. The maximum Gasteiger partial charge on any atom is 0.316 e. The van der Waals surface area contributed by atoms with Gasteiger partial charge in [-0.05, 0) is 11.6 Å². The molecule has 0 aliphatic heterocycles. The summed E-state index contributed by atoms with van der Waals surface area (Å²) in [6.07, 6.45) is 0. The van der Waals surface area contributed by atoms with Gasteiger partial charge in [0, 0.05) is 10.3 Å². The van der Waals surface area contributed by atoms with Gasteiger partial charge >= 0.3 is 6.03 Å². The fraction of sp³-hybridized carbons (Fsp3) is 0. The molecule has 2 aromatic rings. The van der Waals surface area contributed by atoms with Crippen molar-refractivity contribution in [2.75, 3.05) is 5.32 Å².